The molecule has 38 heavy (non-hydrogen) atoms. The van der Waals surface area contributed by atoms with Crippen LogP contribution in [-0.4, -0.2) is 33.4 Å². The lowest BCUT2D eigenvalue weighted by Crippen LogP contribution is -2.29. The highest BCUT2D eigenvalue weighted by Crippen LogP contribution is 2.44. The van der Waals surface area contributed by atoms with Crippen molar-refractivity contribution >= 4 is 44.1 Å². The number of hydrogen-bond donors (Lipinski definition) is 1. The summed E-state index contributed by atoms with van der Waals surface area (Å²) in [7, 11) is 0. The van der Waals surface area contributed by atoms with Crippen LogP contribution in [-0.2, 0) is 21.4 Å². The lowest BCUT2D eigenvalue weighted by molar-refractivity contribution is -0.132. The molecular weight excluding hydrogens is 498 g/mol. The molecule has 0 aliphatic carbocycles. The molecule has 1 atom stereocenters. The number of benzene rings is 2. The number of nitrogens with zero attached hydrogens (tertiary/aromatic N) is 3. The molecule has 2 aliphatic heterocycles. The largest absolute Gasteiger partial charge is 0.507 e. The molecule has 2 aromatic heterocycles. The summed E-state index contributed by atoms with van der Waals surface area (Å²) in [6, 6.07) is 15.8. The van der Waals surface area contributed by atoms with Gasteiger partial charge in [0.15, 0.2) is 5.13 Å². The van der Waals surface area contributed by atoms with Gasteiger partial charge in [0.1, 0.15) is 17.6 Å². The quantitative estimate of drug-likeness (QED) is 0.202. The van der Waals surface area contributed by atoms with Crippen molar-refractivity contribution in [2.45, 2.75) is 45.1 Å². The van der Waals surface area contributed by atoms with E-state index in [1.165, 1.54) is 16.2 Å². The van der Waals surface area contributed by atoms with Crippen LogP contribution in [0.15, 0.2) is 66.4 Å². The van der Waals surface area contributed by atoms with Crippen molar-refractivity contribution in [1.82, 2.24) is 9.97 Å². The fraction of sp³-hybridized carbons (Fsp3) is 0.267. The molecule has 0 saturated carbocycles. The minimum Gasteiger partial charge on any atom is -0.507 e. The maximum atomic E-state index is 13.5. The molecule has 192 valence electrons. The molecule has 0 spiro atoms. The number of hydrogen-bond acceptors (Lipinski definition) is 7. The molecule has 1 saturated heterocycles. The highest BCUT2D eigenvalue weighted by molar-refractivity contribution is 7.22. The van der Waals surface area contributed by atoms with Gasteiger partial charge in [0.25, 0.3) is 5.78 Å². The Morgan fingerprint density at radius 3 is 2.71 bits per heavy atom. The average Bonchev–Trinajstić information content (AvgIpc) is 3.45. The van der Waals surface area contributed by atoms with E-state index >= 15 is 0 Å². The van der Waals surface area contributed by atoms with Crippen LogP contribution in [0.4, 0.5) is 5.13 Å². The molecule has 1 N–H and O–H groups in total. The van der Waals surface area contributed by atoms with E-state index in [2.05, 4.69) is 31.8 Å². The summed E-state index contributed by atoms with van der Waals surface area (Å²) in [5.41, 5.74) is 3.76. The van der Waals surface area contributed by atoms with Crippen LogP contribution in [0, 0.1) is 0 Å². The number of aliphatic hydroxyl groups is 1. The van der Waals surface area contributed by atoms with Gasteiger partial charge in [-0.25, -0.2) is 4.98 Å². The summed E-state index contributed by atoms with van der Waals surface area (Å²) >= 11 is 1.35. The number of thiazole rings is 1. The zero-order valence-electron chi connectivity index (χ0n) is 21.4. The third-order valence-corrected chi connectivity index (χ3v) is 8.06. The van der Waals surface area contributed by atoms with E-state index < -0.39 is 17.7 Å². The Labute approximate surface area is 224 Å². The molecule has 4 heterocycles. The number of aromatic nitrogens is 2. The Balaban J connectivity index is 1.51. The van der Waals surface area contributed by atoms with Crippen molar-refractivity contribution < 1.29 is 19.4 Å². The minimum atomic E-state index is -0.911. The highest BCUT2D eigenvalue weighted by Gasteiger charge is 2.49. The van der Waals surface area contributed by atoms with Gasteiger partial charge < -0.3 is 9.84 Å². The van der Waals surface area contributed by atoms with Gasteiger partial charge in [0.2, 0.25) is 0 Å². The van der Waals surface area contributed by atoms with Crippen LogP contribution in [0.2, 0.25) is 0 Å². The molecule has 2 aliphatic rings. The van der Waals surface area contributed by atoms with Crippen molar-refractivity contribution in [3.63, 3.8) is 0 Å². The molecular formula is C30H27N3O4S. The van der Waals surface area contributed by atoms with E-state index in [4.69, 9.17) is 9.72 Å². The number of carbonyl (C=O) groups is 2. The molecule has 1 amide bonds. The first-order valence-corrected chi connectivity index (χ1v) is 13.4. The lowest BCUT2D eigenvalue weighted by Gasteiger charge is -2.22. The Hall–Kier alpha value is -4.04. The van der Waals surface area contributed by atoms with Gasteiger partial charge in [-0.05, 0) is 71.8 Å². The summed E-state index contributed by atoms with van der Waals surface area (Å²) in [5, 5.41) is 11.9. The molecule has 0 radical (unpaired) electrons. The number of rotatable bonds is 3. The molecule has 1 unspecified atom stereocenters. The van der Waals surface area contributed by atoms with E-state index in [1.807, 2.05) is 18.2 Å². The highest BCUT2D eigenvalue weighted by atomic mass is 32.1. The Kier molecular flexibility index (Phi) is 5.79. The minimum absolute atomic E-state index is 0.0000134. The Bertz CT molecular complexity index is 1620. The predicted molar refractivity (Wildman–Crippen MR) is 148 cm³/mol. The fourth-order valence-corrected chi connectivity index (χ4v) is 6.02. The van der Waals surface area contributed by atoms with E-state index in [0.29, 0.717) is 23.0 Å². The molecule has 1 fully saturated rings. The second kappa shape index (κ2) is 9.06. The van der Waals surface area contributed by atoms with Gasteiger partial charge in [0.05, 0.1) is 28.1 Å². The van der Waals surface area contributed by atoms with E-state index in [1.54, 1.807) is 36.5 Å². The maximum Gasteiger partial charge on any atom is 0.301 e. The number of fused-ring (bicyclic) bond motifs is 2. The summed E-state index contributed by atoms with van der Waals surface area (Å²) in [6.07, 6.45) is 3.31. The van der Waals surface area contributed by atoms with Crippen LogP contribution in [0.5, 0.6) is 5.75 Å². The zero-order chi connectivity index (χ0) is 26.6. The third kappa shape index (κ3) is 4.05. The summed E-state index contributed by atoms with van der Waals surface area (Å²) < 4.78 is 6.62. The first-order valence-electron chi connectivity index (χ1n) is 12.6. The monoisotopic (exact) mass is 525 g/mol. The number of pyridine rings is 1. The van der Waals surface area contributed by atoms with Crippen molar-refractivity contribution in [2.75, 3.05) is 11.5 Å². The van der Waals surface area contributed by atoms with Gasteiger partial charge in [-0.3, -0.25) is 19.5 Å². The van der Waals surface area contributed by atoms with Gasteiger partial charge in [0, 0.05) is 11.8 Å². The van der Waals surface area contributed by atoms with Crippen molar-refractivity contribution in [1.29, 1.82) is 0 Å². The molecule has 4 aromatic rings. The number of ketones is 1. The molecule has 0 bridgehead atoms. The average molecular weight is 526 g/mol. The molecule has 6 rings (SSSR count). The lowest BCUT2D eigenvalue weighted by atomic mass is 9.87. The molecule has 8 heteroatoms. The van der Waals surface area contributed by atoms with Crippen molar-refractivity contribution in [3.8, 4) is 5.75 Å². The van der Waals surface area contributed by atoms with Gasteiger partial charge >= 0.3 is 5.91 Å². The molecule has 7 nitrogen and oxygen atoms in total. The number of aliphatic hydroxyl groups excluding tert-OH is 1. The van der Waals surface area contributed by atoms with Crippen LogP contribution >= 0.6 is 11.3 Å². The number of amides is 1. The standard InChI is InChI=1S/C30H27N3O4S/c1-30(2,3)19-10-11-20-23(16-19)38-29(32-20)33-25(21-8-4-5-13-31-21)24(27(35)28(33)36)26(34)18-9-12-22-17(15-18)7-6-14-37-22/h4-5,8-13,15-16,25,34H,6-7,14H2,1-3H3/b26-24+. The van der Waals surface area contributed by atoms with Crippen LogP contribution < -0.4 is 9.64 Å². The summed E-state index contributed by atoms with van der Waals surface area (Å²) in [4.78, 5) is 37.6. The number of Topliss-reactive ketones (excluding diaryl/α,β-unsaturated/α-hetero) is 1. The van der Waals surface area contributed by atoms with E-state index in [0.717, 1.165) is 39.9 Å². The number of carbonyl (C=O) groups excluding carboxylic acids is 2. The fourth-order valence-electron chi connectivity index (χ4n) is 4.99. The molecule has 2 aromatic carbocycles. The number of ether oxygens (including phenoxy) is 1. The second-order valence-electron chi connectivity index (χ2n) is 10.6. The first kappa shape index (κ1) is 24.3. The smallest absolute Gasteiger partial charge is 0.301 e. The van der Waals surface area contributed by atoms with Crippen LogP contribution in [0.3, 0.4) is 0 Å². The maximum absolute atomic E-state index is 13.5. The predicted octanol–water partition coefficient (Wildman–Crippen LogP) is 5.94. The summed E-state index contributed by atoms with van der Waals surface area (Å²) in [5.74, 6) is -0.954. The third-order valence-electron chi connectivity index (χ3n) is 7.04. The van der Waals surface area contributed by atoms with E-state index in [-0.39, 0.29) is 16.7 Å². The van der Waals surface area contributed by atoms with E-state index in [9.17, 15) is 14.7 Å². The van der Waals surface area contributed by atoms with Crippen LogP contribution in [0.25, 0.3) is 16.0 Å². The normalized spacial score (nSPS) is 19.0. The van der Waals surface area contributed by atoms with Gasteiger partial charge in [-0.1, -0.05) is 44.2 Å². The topological polar surface area (TPSA) is 92.6 Å². The van der Waals surface area contributed by atoms with Gasteiger partial charge in [-0.2, -0.15) is 0 Å². The number of aryl methyl sites for hydroxylation is 1. The Morgan fingerprint density at radius 1 is 1.11 bits per heavy atom. The van der Waals surface area contributed by atoms with Crippen molar-refractivity contribution in [2.24, 2.45) is 0 Å². The Morgan fingerprint density at radius 2 is 1.95 bits per heavy atom. The SMILES string of the molecule is CC(C)(C)c1ccc2nc(N3C(=O)C(=O)/C(=C(/O)c4ccc5c(c4)CCCO5)C3c3ccccn3)sc2c1. The zero-order valence-corrected chi connectivity index (χ0v) is 22.2. The van der Waals surface area contributed by atoms with Crippen molar-refractivity contribution in [3.05, 3.63) is 88.8 Å². The second-order valence-corrected chi connectivity index (χ2v) is 11.6. The van der Waals surface area contributed by atoms with Gasteiger partial charge in [-0.15, -0.1) is 0 Å². The first-order chi connectivity index (χ1) is 18.2. The van der Waals surface area contributed by atoms with Crippen LogP contribution in [0.1, 0.15) is 55.6 Å². The number of anilines is 1. The summed E-state index contributed by atoms with van der Waals surface area (Å²) in [6.45, 7) is 7.08.